The maximum atomic E-state index is 13.4. The van der Waals surface area contributed by atoms with Gasteiger partial charge >= 0.3 is 0 Å². The Morgan fingerprint density at radius 3 is 2.49 bits per heavy atom. The predicted octanol–water partition coefficient (Wildman–Crippen LogP) is 6.16. The van der Waals surface area contributed by atoms with Gasteiger partial charge in [-0.15, -0.1) is 0 Å². The molecule has 1 saturated heterocycles. The van der Waals surface area contributed by atoms with Gasteiger partial charge in [0.15, 0.2) is 5.78 Å². The molecule has 1 saturated carbocycles. The molecule has 5 atom stereocenters. The van der Waals surface area contributed by atoms with E-state index in [4.69, 9.17) is 4.74 Å². The molecule has 0 amide bonds. The fourth-order valence-electron chi connectivity index (χ4n) is 7.41. The number of aliphatic hydroxyl groups is 1. The largest absolute Gasteiger partial charge is 0.378 e. The Morgan fingerprint density at radius 2 is 1.77 bits per heavy atom. The molecule has 2 unspecified atom stereocenters. The zero-order valence-electron chi connectivity index (χ0n) is 23.0. The molecule has 2 fully saturated rings. The number of anilines is 1. The standard InChI is InChI=1S/C34H36FNO3/c1-33-21-39-32(23-6-11-26(12-7-23)36(2)3)31-28-15-13-27(37)20-24(28)8-14-29(31)30(33)17-19-34(33,38)18-16-22-4-9-25(35)10-5-22/h4-7,9-12,20,29-30,32,38H,8,13-15,17,19,21H2,1-3H3/t29?,30?,32-,33+,34+/m1/s1. The van der Waals surface area contributed by atoms with Crippen molar-refractivity contribution in [3.05, 3.63) is 88.3 Å². The van der Waals surface area contributed by atoms with E-state index in [2.05, 4.69) is 47.9 Å². The van der Waals surface area contributed by atoms with Crippen LogP contribution in [0.15, 0.2) is 71.3 Å². The minimum absolute atomic E-state index is 0.206. The molecule has 1 heterocycles. The van der Waals surface area contributed by atoms with E-state index in [-0.39, 0.29) is 29.5 Å². The van der Waals surface area contributed by atoms with Gasteiger partial charge in [-0.25, -0.2) is 4.39 Å². The molecule has 5 heteroatoms. The summed E-state index contributed by atoms with van der Waals surface area (Å²) in [5.41, 5.74) is 4.91. The second-order valence-electron chi connectivity index (χ2n) is 12.1. The van der Waals surface area contributed by atoms with Crippen molar-refractivity contribution >= 4 is 11.5 Å². The van der Waals surface area contributed by atoms with E-state index < -0.39 is 11.0 Å². The summed E-state index contributed by atoms with van der Waals surface area (Å²) < 4.78 is 20.3. The van der Waals surface area contributed by atoms with Crippen LogP contribution in [-0.4, -0.2) is 37.2 Å². The molecule has 2 aromatic rings. The third kappa shape index (κ3) is 4.44. The smallest absolute Gasteiger partial charge is 0.156 e. The molecule has 0 radical (unpaired) electrons. The molecule has 1 aliphatic heterocycles. The van der Waals surface area contributed by atoms with E-state index in [9.17, 15) is 14.3 Å². The summed E-state index contributed by atoms with van der Waals surface area (Å²) in [6, 6.07) is 14.7. The number of ketones is 1. The maximum Gasteiger partial charge on any atom is 0.156 e. The third-order valence-corrected chi connectivity index (χ3v) is 9.69. The highest BCUT2D eigenvalue weighted by molar-refractivity contribution is 5.93. The van der Waals surface area contributed by atoms with Crippen LogP contribution in [0.1, 0.15) is 62.7 Å². The van der Waals surface area contributed by atoms with Gasteiger partial charge in [0.2, 0.25) is 0 Å². The Balaban J connectivity index is 1.44. The summed E-state index contributed by atoms with van der Waals surface area (Å²) in [6.45, 7) is 2.52. The molecule has 6 rings (SSSR count). The average Bonchev–Trinajstić information content (AvgIpc) is 3.10. The molecule has 3 aliphatic carbocycles. The van der Waals surface area contributed by atoms with Gasteiger partial charge in [0.05, 0.1) is 6.61 Å². The highest BCUT2D eigenvalue weighted by Gasteiger charge is 2.61. The van der Waals surface area contributed by atoms with Crippen LogP contribution in [0.5, 0.6) is 0 Å². The molecule has 2 aromatic carbocycles. The van der Waals surface area contributed by atoms with E-state index in [0.29, 0.717) is 25.0 Å². The number of carbonyl (C=O) groups excluding carboxylic acids is 1. The van der Waals surface area contributed by atoms with Crippen LogP contribution < -0.4 is 4.90 Å². The Bertz CT molecular complexity index is 1410. The summed E-state index contributed by atoms with van der Waals surface area (Å²) in [6.07, 6.45) is 6.19. The average molecular weight is 526 g/mol. The highest BCUT2D eigenvalue weighted by Crippen LogP contribution is 2.61. The van der Waals surface area contributed by atoms with Crippen molar-refractivity contribution in [2.45, 2.75) is 57.2 Å². The lowest BCUT2D eigenvalue weighted by Gasteiger charge is -2.42. The summed E-state index contributed by atoms with van der Waals surface area (Å²) in [7, 11) is 4.07. The molecule has 0 spiro atoms. The van der Waals surface area contributed by atoms with Crippen molar-refractivity contribution in [2.24, 2.45) is 17.3 Å². The van der Waals surface area contributed by atoms with Crippen molar-refractivity contribution in [2.75, 3.05) is 25.6 Å². The second kappa shape index (κ2) is 9.77. The Hall–Kier alpha value is -3.20. The monoisotopic (exact) mass is 525 g/mol. The zero-order valence-corrected chi connectivity index (χ0v) is 23.0. The molecule has 202 valence electrons. The van der Waals surface area contributed by atoms with Crippen molar-refractivity contribution in [3.63, 3.8) is 0 Å². The highest BCUT2D eigenvalue weighted by atomic mass is 19.1. The second-order valence-corrected chi connectivity index (χ2v) is 12.1. The summed E-state index contributed by atoms with van der Waals surface area (Å²) in [5, 5.41) is 12.1. The van der Waals surface area contributed by atoms with Crippen LogP contribution in [-0.2, 0) is 9.53 Å². The Kier molecular flexibility index (Phi) is 6.52. The molecule has 0 bridgehead atoms. The zero-order chi connectivity index (χ0) is 27.4. The minimum Gasteiger partial charge on any atom is -0.378 e. The normalized spacial score (nSPS) is 31.8. The van der Waals surface area contributed by atoms with Crippen LogP contribution in [0.4, 0.5) is 10.1 Å². The lowest BCUT2D eigenvalue weighted by molar-refractivity contribution is -0.114. The number of benzene rings is 2. The van der Waals surface area contributed by atoms with Gasteiger partial charge < -0.3 is 14.7 Å². The topological polar surface area (TPSA) is 49.8 Å². The van der Waals surface area contributed by atoms with Crippen LogP contribution in [0.25, 0.3) is 0 Å². The van der Waals surface area contributed by atoms with Crippen molar-refractivity contribution < 1.29 is 19.0 Å². The molecular weight excluding hydrogens is 489 g/mol. The van der Waals surface area contributed by atoms with Crippen molar-refractivity contribution in [3.8, 4) is 11.8 Å². The third-order valence-electron chi connectivity index (χ3n) is 9.69. The Morgan fingerprint density at radius 1 is 1.03 bits per heavy atom. The van der Waals surface area contributed by atoms with Gasteiger partial charge in [-0.3, -0.25) is 4.79 Å². The quantitative estimate of drug-likeness (QED) is 0.478. The van der Waals surface area contributed by atoms with Gasteiger partial charge in [-0.05, 0) is 109 Å². The molecule has 0 aromatic heterocycles. The Labute approximate surface area is 230 Å². The van der Waals surface area contributed by atoms with E-state index in [0.717, 1.165) is 36.9 Å². The van der Waals surface area contributed by atoms with Crippen molar-refractivity contribution in [1.82, 2.24) is 0 Å². The van der Waals surface area contributed by atoms with Crippen LogP contribution in [0.3, 0.4) is 0 Å². The van der Waals surface area contributed by atoms with E-state index >= 15 is 0 Å². The predicted molar refractivity (Wildman–Crippen MR) is 151 cm³/mol. The fraction of sp³-hybridized carbons (Fsp3) is 0.441. The summed E-state index contributed by atoms with van der Waals surface area (Å²) in [5.74, 6) is 6.71. The maximum absolute atomic E-state index is 13.4. The number of hydrogen-bond acceptors (Lipinski definition) is 4. The first kappa shape index (κ1) is 26.0. The first-order valence-electron chi connectivity index (χ1n) is 14.1. The van der Waals surface area contributed by atoms with Crippen LogP contribution in [0, 0.1) is 34.9 Å². The molecule has 39 heavy (non-hydrogen) atoms. The summed E-state index contributed by atoms with van der Waals surface area (Å²) >= 11 is 0. The van der Waals surface area contributed by atoms with Crippen LogP contribution in [0.2, 0.25) is 0 Å². The number of rotatable bonds is 2. The number of halogens is 1. The number of carbonyl (C=O) groups is 1. The van der Waals surface area contributed by atoms with E-state index in [1.165, 1.54) is 28.9 Å². The number of fused-ring (bicyclic) bond motifs is 4. The lowest BCUT2D eigenvalue weighted by atomic mass is 9.61. The molecule has 1 N–H and O–H groups in total. The molecule has 4 aliphatic rings. The number of allylic oxidation sites excluding steroid dienone is 3. The number of hydrogen-bond donors (Lipinski definition) is 1. The SMILES string of the molecule is CN(C)c1ccc([C@H]2OC[C@@]3(C)C(CC[C@@]3(O)C#Cc3ccc(F)cc3)C3CCC4=CC(=O)CCC4=C32)cc1. The first-order chi connectivity index (χ1) is 18.7. The van der Waals surface area contributed by atoms with Gasteiger partial charge in [0.25, 0.3) is 0 Å². The number of nitrogens with zero attached hydrogens (tertiary/aromatic N) is 1. The van der Waals surface area contributed by atoms with Crippen molar-refractivity contribution in [1.29, 1.82) is 0 Å². The van der Waals surface area contributed by atoms with Crippen LogP contribution >= 0.6 is 0 Å². The lowest BCUT2D eigenvalue weighted by Crippen LogP contribution is -2.48. The van der Waals surface area contributed by atoms with Gasteiger partial charge in [0, 0.05) is 37.2 Å². The number of ether oxygens (including phenoxy) is 1. The molecular formula is C34H36FNO3. The summed E-state index contributed by atoms with van der Waals surface area (Å²) in [4.78, 5) is 14.4. The molecule has 4 nitrogen and oxygen atoms in total. The van der Waals surface area contributed by atoms with E-state index in [1.54, 1.807) is 12.1 Å². The van der Waals surface area contributed by atoms with E-state index in [1.807, 2.05) is 20.2 Å². The van der Waals surface area contributed by atoms with Gasteiger partial charge in [-0.2, -0.15) is 0 Å². The minimum atomic E-state index is -1.22. The first-order valence-corrected chi connectivity index (χ1v) is 14.1. The van der Waals surface area contributed by atoms with Gasteiger partial charge in [0.1, 0.15) is 17.5 Å². The van der Waals surface area contributed by atoms with Gasteiger partial charge in [-0.1, -0.05) is 30.9 Å². The fourth-order valence-corrected chi connectivity index (χ4v) is 7.41.